The molecule has 0 bridgehead atoms. The van der Waals surface area contributed by atoms with Gasteiger partial charge in [0, 0.05) is 42.3 Å². The van der Waals surface area contributed by atoms with Crippen LogP contribution in [0.2, 0.25) is 10.0 Å². The lowest BCUT2D eigenvalue weighted by molar-refractivity contribution is -0.117. The Bertz CT molecular complexity index is 1370. The van der Waals surface area contributed by atoms with E-state index >= 15 is 0 Å². The summed E-state index contributed by atoms with van der Waals surface area (Å²) in [4.78, 5) is 26.3. The van der Waals surface area contributed by atoms with Gasteiger partial charge in [0.2, 0.25) is 11.9 Å². The van der Waals surface area contributed by atoms with Gasteiger partial charge in [0.05, 0.1) is 66.5 Å². The molecule has 10 nitrogen and oxygen atoms in total. The molecule has 2 saturated heterocycles. The minimum Gasteiger partial charge on any atom is -0.495 e. The number of hydrogen-bond acceptors (Lipinski definition) is 9. The first-order valence-electron chi connectivity index (χ1n) is 12.6. The topological polar surface area (TPSA) is 117 Å². The number of aromatic nitrogens is 3. The van der Waals surface area contributed by atoms with Crippen LogP contribution in [-0.2, 0) is 14.3 Å². The maximum atomic E-state index is 11.8. The smallest absolute Gasteiger partial charge is 0.243 e. The summed E-state index contributed by atoms with van der Waals surface area (Å²) in [5, 5.41) is 7.64. The second kappa shape index (κ2) is 11.9. The number of carbonyl (C=O) groups is 1. The van der Waals surface area contributed by atoms with Crippen molar-refractivity contribution < 1.29 is 23.7 Å². The minimum absolute atomic E-state index is 0.114. The first-order chi connectivity index (χ1) is 18.9. The molecule has 0 spiro atoms. The molecule has 0 aliphatic carbocycles. The molecule has 2 atom stereocenters. The summed E-state index contributed by atoms with van der Waals surface area (Å²) in [6.07, 6.45) is 4.58. The van der Waals surface area contributed by atoms with Crippen LogP contribution in [0.5, 0.6) is 11.5 Å². The van der Waals surface area contributed by atoms with E-state index in [9.17, 15) is 4.79 Å². The standard InChI is InChI=1S/C27H29Cl2N5O5/c1-4-21(35)31-17-12-39-13-18(17)33-27-30-11-15-9-16(22-23(28)19(36-2)10-20(37-3)24(22)29)32-25(26(15)34-27)14-5-7-38-8-6-14/h4,9-11,14,17-18H,1,5-8,12-13H2,2-3H3,(H,31,35)(H,30,33,34)/t17-,18+/m0/s1. The molecule has 0 radical (unpaired) electrons. The van der Waals surface area contributed by atoms with Crippen LogP contribution in [0, 0.1) is 0 Å². The normalized spacial score (nSPS) is 19.6. The number of hydrogen-bond donors (Lipinski definition) is 2. The van der Waals surface area contributed by atoms with Crippen LogP contribution >= 0.6 is 23.2 Å². The van der Waals surface area contributed by atoms with E-state index in [0.717, 1.165) is 29.4 Å². The van der Waals surface area contributed by atoms with E-state index in [1.165, 1.54) is 20.3 Å². The molecule has 0 saturated carbocycles. The van der Waals surface area contributed by atoms with E-state index in [2.05, 4.69) is 22.2 Å². The summed E-state index contributed by atoms with van der Waals surface area (Å²) in [5.74, 6) is 1.12. The van der Waals surface area contributed by atoms with Crippen molar-refractivity contribution >= 4 is 46.0 Å². The molecule has 3 aromatic rings. The third-order valence-electron chi connectivity index (χ3n) is 6.94. The molecule has 12 heteroatoms. The molecular weight excluding hydrogens is 545 g/mol. The van der Waals surface area contributed by atoms with E-state index in [1.807, 2.05) is 6.07 Å². The number of nitrogens with one attached hydrogen (secondary N) is 2. The summed E-state index contributed by atoms with van der Waals surface area (Å²) in [5.41, 5.74) is 2.60. The highest BCUT2D eigenvalue weighted by Crippen LogP contribution is 2.46. The van der Waals surface area contributed by atoms with E-state index < -0.39 is 0 Å². The number of nitrogens with zero attached hydrogens (tertiary/aromatic N) is 3. The predicted molar refractivity (Wildman–Crippen MR) is 149 cm³/mol. The zero-order chi connectivity index (χ0) is 27.5. The van der Waals surface area contributed by atoms with Gasteiger partial charge in [-0.1, -0.05) is 29.8 Å². The highest BCUT2D eigenvalue weighted by atomic mass is 35.5. The van der Waals surface area contributed by atoms with Crippen molar-refractivity contribution in [3.63, 3.8) is 0 Å². The molecule has 2 aliphatic heterocycles. The fourth-order valence-electron chi connectivity index (χ4n) is 4.87. The first kappa shape index (κ1) is 27.4. The van der Waals surface area contributed by atoms with Crippen LogP contribution in [-0.4, -0.2) is 73.6 Å². The Labute approximate surface area is 236 Å². The number of halogens is 2. The van der Waals surface area contributed by atoms with E-state index in [4.69, 9.17) is 52.1 Å². The highest BCUT2D eigenvalue weighted by molar-refractivity contribution is 6.41. The van der Waals surface area contributed by atoms with Crippen molar-refractivity contribution in [3.05, 3.63) is 46.7 Å². The van der Waals surface area contributed by atoms with Gasteiger partial charge in [0.1, 0.15) is 11.5 Å². The molecule has 5 rings (SSSR count). The molecule has 1 amide bonds. The number of benzene rings is 1. The fraction of sp³-hybridized carbons (Fsp3) is 0.407. The second-order valence-corrected chi connectivity index (χ2v) is 10.1. The number of carbonyl (C=O) groups excluding carboxylic acids is 1. The molecule has 0 unspecified atom stereocenters. The third-order valence-corrected chi connectivity index (χ3v) is 7.69. The molecule has 2 aliphatic rings. The van der Waals surface area contributed by atoms with Gasteiger partial charge < -0.3 is 29.6 Å². The number of fused-ring (bicyclic) bond motifs is 1. The number of methoxy groups -OCH3 is 2. The van der Waals surface area contributed by atoms with Gasteiger partial charge in [-0.25, -0.2) is 9.97 Å². The van der Waals surface area contributed by atoms with E-state index in [-0.39, 0.29) is 23.9 Å². The van der Waals surface area contributed by atoms with Crippen LogP contribution in [0.3, 0.4) is 0 Å². The largest absolute Gasteiger partial charge is 0.495 e. The average Bonchev–Trinajstić information content (AvgIpc) is 3.39. The molecule has 206 valence electrons. The quantitative estimate of drug-likeness (QED) is 0.378. The number of rotatable bonds is 8. The Morgan fingerprint density at radius 3 is 2.41 bits per heavy atom. The summed E-state index contributed by atoms with van der Waals surface area (Å²) in [6, 6.07) is 3.07. The summed E-state index contributed by atoms with van der Waals surface area (Å²) < 4.78 is 22.1. The molecule has 2 fully saturated rings. The Morgan fingerprint density at radius 2 is 1.74 bits per heavy atom. The van der Waals surface area contributed by atoms with Crippen LogP contribution in [0.1, 0.15) is 24.5 Å². The van der Waals surface area contributed by atoms with Gasteiger partial charge >= 0.3 is 0 Å². The summed E-state index contributed by atoms with van der Waals surface area (Å²) >= 11 is 13.5. The van der Waals surface area contributed by atoms with E-state index in [0.29, 0.717) is 65.2 Å². The Balaban J connectivity index is 1.59. The number of anilines is 1. The molecule has 2 N–H and O–H groups in total. The van der Waals surface area contributed by atoms with Crippen LogP contribution in [0.4, 0.5) is 5.95 Å². The predicted octanol–water partition coefficient (Wildman–Crippen LogP) is 4.39. The van der Waals surface area contributed by atoms with Crippen LogP contribution in [0.15, 0.2) is 31.0 Å². The minimum atomic E-state index is -0.262. The van der Waals surface area contributed by atoms with Crippen molar-refractivity contribution in [2.45, 2.75) is 30.8 Å². The lowest BCUT2D eigenvalue weighted by atomic mass is 9.93. The average molecular weight is 574 g/mol. The van der Waals surface area contributed by atoms with E-state index in [1.54, 1.807) is 12.3 Å². The highest BCUT2D eigenvalue weighted by Gasteiger charge is 2.30. The van der Waals surface area contributed by atoms with Crippen molar-refractivity contribution in [2.75, 3.05) is 46.0 Å². The zero-order valence-electron chi connectivity index (χ0n) is 21.6. The molecule has 39 heavy (non-hydrogen) atoms. The summed E-state index contributed by atoms with van der Waals surface area (Å²) in [7, 11) is 3.06. The number of ether oxygens (including phenoxy) is 4. The second-order valence-electron chi connectivity index (χ2n) is 9.30. The Kier molecular flexibility index (Phi) is 8.37. The lowest BCUT2D eigenvalue weighted by Crippen LogP contribution is -2.45. The third kappa shape index (κ3) is 5.60. The van der Waals surface area contributed by atoms with Crippen molar-refractivity contribution in [1.82, 2.24) is 20.3 Å². The van der Waals surface area contributed by atoms with Gasteiger partial charge in [-0.2, -0.15) is 0 Å². The maximum Gasteiger partial charge on any atom is 0.243 e. The van der Waals surface area contributed by atoms with Gasteiger partial charge in [0.15, 0.2) is 0 Å². The molecule has 1 aromatic carbocycles. The Morgan fingerprint density at radius 1 is 1.05 bits per heavy atom. The van der Waals surface area contributed by atoms with Crippen molar-refractivity contribution in [1.29, 1.82) is 0 Å². The van der Waals surface area contributed by atoms with Gasteiger partial charge in [0.25, 0.3) is 0 Å². The Hall–Kier alpha value is -3.18. The fourth-order valence-corrected chi connectivity index (χ4v) is 5.57. The van der Waals surface area contributed by atoms with Crippen molar-refractivity contribution in [2.24, 2.45) is 0 Å². The van der Waals surface area contributed by atoms with Gasteiger partial charge in [-0.15, -0.1) is 0 Å². The van der Waals surface area contributed by atoms with Gasteiger partial charge in [-0.3, -0.25) is 9.78 Å². The summed E-state index contributed by atoms with van der Waals surface area (Å²) in [6.45, 7) is 5.57. The first-order valence-corrected chi connectivity index (χ1v) is 13.3. The maximum absolute atomic E-state index is 11.8. The van der Waals surface area contributed by atoms with Crippen LogP contribution in [0.25, 0.3) is 22.2 Å². The monoisotopic (exact) mass is 573 g/mol. The van der Waals surface area contributed by atoms with Crippen molar-refractivity contribution in [3.8, 4) is 22.8 Å². The SMILES string of the molecule is C=CC(=O)N[C@H]1COC[C@H]1Nc1ncc2cc(-c3c(Cl)c(OC)cc(OC)c3Cl)nc(C3CCOCC3)c2n1. The van der Waals surface area contributed by atoms with Gasteiger partial charge in [-0.05, 0) is 25.0 Å². The molecular formula is C27H29Cl2N5O5. The van der Waals surface area contributed by atoms with Crippen LogP contribution < -0.4 is 20.1 Å². The number of amides is 1. The number of pyridine rings is 1. The lowest BCUT2D eigenvalue weighted by Gasteiger charge is -2.24. The zero-order valence-corrected chi connectivity index (χ0v) is 23.1. The molecule has 2 aromatic heterocycles. The molecule has 4 heterocycles.